The van der Waals surface area contributed by atoms with Crippen LogP contribution in [-0.4, -0.2) is 74.2 Å². The summed E-state index contributed by atoms with van der Waals surface area (Å²) < 4.78 is 12.1. The Morgan fingerprint density at radius 3 is 2.59 bits per heavy atom. The van der Waals surface area contributed by atoms with Gasteiger partial charge in [0.05, 0.1) is 11.7 Å². The summed E-state index contributed by atoms with van der Waals surface area (Å²) in [6.45, 7) is 9.22. The van der Waals surface area contributed by atoms with Crippen LogP contribution in [0.2, 0.25) is 0 Å². The summed E-state index contributed by atoms with van der Waals surface area (Å²) in [6, 6.07) is 5.54. The second-order valence-corrected chi connectivity index (χ2v) is 10.2. The second kappa shape index (κ2) is 12.5. The summed E-state index contributed by atoms with van der Waals surface area (Å²) in [5.41, 5.74) is 1.07. The molecule has 3 rings (SSSR count). The highest BCUT2D eigenvalue weighted by molar-refractivity contribution is 5.99. The minimum absolute atomic E-state index is 0.0678. The lowest BCUT2D eigenvalue weighted by Crippen LogP contribution is -2.48. The van der Waals surface area contributed by atoms with Crippen LogP contribution in [-0.2, 0) is 9.53 Å². The fourth-order valence-electron chi connectivity index (χ4n) is 5.13. The van der Waals surface area contributed by atoms with Crippen LogP contribution in [0.15, 0.2) is 18.2 Å². The number of hydrogen-bond donors (Lipinski definition) is 1. The molecule has 1 N–H and O–H groups in total. The average Bonchev–Trinajstić information content (AvgIpc) is 2.85. The maximum Gasteiger partial charge on any atom is 0.257 e. The van der Waals surface area contributed by atoms with Crippen LogP contribution < -0.4 is 10.1 Å². The standard InChI is InChI=1S/C27H43N3O4/c1-6-26(31)28-22-12-13-24-23(14-22)27(32)29(4)17-25(33-5)19(2)15-30(20(3)18-34-24)16-21-10-8-7-9-11-21/h12-14,19-21,25H,6-11,15-18H2,1-5H3,(H,28,31)/t19-,20+,25-/m0/s1. The third-order valence-corrected chi connectivity index (χ3v) is 7.40. The van der Waals surface area contributed by atoms with Gasteiger partial charge in [-0.15, -0.1) is 0 Å². The molecular formula is C27H43N3O4. The van der Waals surface area contributed by atoms with Gasteiger partial charge in [-0.1, -0.05) is 33.1 Å². The fourth-order valence-corrected chi connectivity index (χ4v) is 5.13. The van der Waals surface area contributed by atoms with E-state index < -0.39 is 0 Å². The van der Waals surface area contributed by atoms with E-state index in [0.717, 1.165) is 19.0 Å². The highest BCUT2D eigenvalue weighted by Gasteiger charge is 2.29. The van der Waals surface area contributed by atoms with Gasteiger partial charge in [0, 0.05) is 51.9 Å². The molecule has 2 aliphatic rings. The number of likely N-dealkylation sites (N-methyl/N-ethyl adjacent to an activating group) is 1. The van der Waals surface area contributed by atoms with E-state index in [1.165, 1.54) is 32.1 Å². The molecule has 0 bridgehead atoms. The molecule has 1 aliphatic heterocycles. The molecule has 0 radical (unpaired) electrons. The lowest BCUT2D eigenvalue weighted by molar-refractivity contribution is -0.115. The molecule has 1 fully saturated rings. The van der Waals surface area contributed by atoms with Gasteiger partial charge in [-0.3, -0.25) is 14.5 Å². The molecule has 0 aromatic heterocycles. The molecule has 1 saturated carbocycles. The Morgan fingerprint density at radius 1 is 1.18 bits per heavy atom. The minimum atomic E-state index is -0.135. The Kier molecular flexibility index (Phi) is 9.77. The number of carbonyl (C=O) groups is 2. The number of anilines is 1. The third kappa shape index (κ3) is 6.95. The predicted octanol–water partition coefficient (Wildman–Crippen LogP) is 4.42. The Bertz CT molecular complexity index is 824. The largest absolute Gasteiger partial charge is 0.491 e. The number of benzene rings is 1. The zero-order valence-electron chi connectivity index (χ0n) is 21.6. The Hall–Kier alpha value is -2.12. The molecule has 7 heteroatoms. The summed E-state index contributed by atoms with van der Waals surface area (Å²) in [5, 5.41) is 2.85. The maximum atomic E-state index is 13.4. The number of nitrogens with zero attached hydrogens (tertiary/aromatic N) is 2. The van der Waals surface area contributed by atoms with E-state index in [2.05, 4.69) is 24.1 Å². The molecule has 1 heterocycles. The number of ether oxygens (including phenoxy) is 2. The lowest BCUT2D eigenvalue weighted by Gasteiger charge is -2.38. The van der Waals surface area contributed by atoms with Crippen molar-refractivity contribution in [2.24, 2.45) is 11.8 Å². The normalized spacial score (nSPS) is 25.6. The van der Waals surface area contributed by atoms with Crippen LogP contribution in [0.25, 0.3) is 0 Å². The van der Waals surface area contributed by atoms with Crippen LogP contribution in [0.4, 0.5) is 5.69 Å². The van der Waals surface area contributed by atoms with E-state index >= 15 is 0 Å². The lowest BCUT2D eigenvalue weighted by atomic mass is 9.88. The number of carbonyl (C=O) groups excluding carboxylic acids is 2. The first-order valence-corrected chi connectivity index (χ1v) is 12.9. The highest BCUT2D eigenvalue weighted by Crippen LogP contribution is 2.28. The minimum Gasteiger partial charge on any atom is -0.491 e. The van der Waals surface area contributed by atoms with Gasteiger partial charge in [0.2, 0.25) is 5.91 Å². The van der Waals surface area contributed by atoms with E-state index in [1.807, 2.05) is 0 Å². The van der Waals surface area contributed by atoms with Gasteiger partial charge < -0.3 is 19.7 Å². The molecule has 3 atom stereocenters. The molecule has 1 aromatic carbocycles. The molecule has 0 spiro atoms. The van der Waals surface area contributed by atoms with Crippen LogP contribution in [0, 0.1) is 11.8 Å². The maximum absolute atomic E-state index is 13.4. The van der Waals surface area contributed by atoms with E-state index in [9.17, 15) is 9.59 Å². The summed E-state index contributed by atoms with van der Waals surface area (Å²) in [6.07, 6.45) is 6.94. The smallest absolute Gasteiger partial charge is 0.257 e. The van der Waals surface area contributed by atoms with Gasteiger partial charge >= 0.3 is 0 Å². The molecule has 0 saturated heterocycles. The van der Waals surface area contributed by atoms with Crippen LogP contribution in [0.5, 0.6) is 5.75 Å². The zero-order valence-corrected chi connectivity index (χ0v) is 21.6. The van der Waals surface area contributed by atoms with E-state index in [0.29, 0.717) is 36.6 Å². The van der Waals surface area contributed by atoms with Crippen molar-refractivity contribution in [3.05, 3.63) is 23.8 Å². The monoisotopic (exact) mass is 473 g/mol. The number of rotatable bonds is 5. The van der Waals surface area contributed by atoms with Gasteiger partial charge in [-0.2, -0.15) is 0 Å². The molecule has 1 aromatic rings. The Balaban J connectivity index is 1.88. The highest BCUT2D eigenvalue weighted by atomic mass is 16.5. The first-order valence-electron chi connectivity index (χ1n) is 12.9. The van der Waals surface area contributed by atoms with E-state index in [4.69, 9.17) is 9.47 Å². The van der Waals surface area contributed by atoms with Gasteiger partial charge in [0.1, 0.15) is 12.4 Å². The first kappa shape index (κ1) is 26.5. The number of amides is 2. The van der Waals surface area contributed by atoms with Crippen molar-refractivity contribution in [1.29, 1.82) is 0 Å². The Morgan fingerprint density at radius 2 is 1.91 bits per heavy atom. The molecular weight excluding hydrogens is 430 g/mol. The van der Waals surface area contributed by atoms with E-state index in [-0.39, 0.29) is 29.9 Å². The van der Waals surface area contributed by atoms with Crippen molar-refractivity contribution >= 4 is 17.5 Å². The number of methoxy groups -OCH3 is 1. The summed E-state index contributed by atoms with van der Waals surface area (Å²) in [4.78, 5) is 29.6. The van der Waals surface area contributed by atoms with Gasteiger partial charge in [-0.05, 0) is 49.8 Å². The summed E-state index contributed by atoms with van der Waals surface area (Å²) >= 11 is 0. The van der Waals surface area contributed by atoms with Crippen LogP contribution >= 0.6 is 0 Å². The zero-order chi connectivity index (χ0) is 24.7. The van der Waals surface area contributed by atoms with Crippen molar-refractivity contribution in [2.45, 2.75) is 71.4 Å². The molecule has 190 valence electrons. The fraction of sp³-hybridized carbons (Fsp3) is 0.704. The van der Waals surface area contributed by atoms with Crippen molar-refractivity contribution in [3.8, 4) is 5.75 Å². The van der Waals surface area contributed by atoms with Crippen molar-refractivity contribution in [2.75, 3.05) is 45.7 Å². The van der Waals surface area contributed by atoms with Crippen molar-refractivity contribution < 1.29 is 19.1 Å². The SMILES string of the molecule is CCC(=O)Nc1ccc2c(c1)C(=O)N(C)C[C@H](OC)[C@@H](C)CN(CC1CCCCC1)[C@H](C)CO2. The number of fused-ring (bicyclic) bond motifs is 1. The molecule has 2 amide bonds. The molecule has 7 nitrogen and oxygen atoms in total. The van der Waals surface area contributed by atoms with Crippen molar-refractivity contribution in [3.63, 3.8) is 0 Å². The number of nitrogens with one attached hydrogen (secondary N) is 1. The quantitative estimate of drug-likeness (QED) is 0.685. The molecule has 34 heavy (non-hydrogen) atoms. The third-order valence-electron chi connectivity index (χ3n) is 7.40. The molecule has 0 unspecified atom stereocenters. The van der Waals surface area contributed by atoms with Crippen molar-refractivity contribution in [1.82, 2.24) is 9.80 Å². The molecule has 1 aliphatic carbocycles. The topological polar surface area (TPSA) is 71.1 Å². The Labute approximate surface area is 205 Å². The van der Waals surface area contributed by atoms with Crippen LogP contribution in [0.1, 0.15) is 69.7 Å². The van der Waals surface area contributed by atoms with Gasteiger partial charge in [0.25, 0.3) is 5.91 Å². The predicted molar refractivity (Wildman–Crippen MR) is 135 cm³/mol. The summed E-state index contributed by atoms with van der Waals surface area (Å²) in [5.74, 6) is 1.33. The van der Waals surface area contributed by atoms with Gasteiger partial charge in [-0.25, -0.2) is 0 Å². The van der Waals surface area contributed by atoms with Crippen LogP contribution in [0.3, 0.4) is 0 Å². The summed E-state index contributed by atoms with van der Waals surface area (Å²) in [7, 11) is 3.53. The second-order valence-electron chi connectivity index (χ2n) is 10.2. The van der Waals surface area contributed by atoms with Gasteiger partial charge in [0.15, 0.2) is 0 Å². The van der Waals surface area contributed by atoms with E-state index in [1.54, 1.807) is 44.2 Å². The average molecular weight is 474 g/mol. The first-order chi connectivity index (χ1) is 16.3. The number of hydrogen-bond acceptors (Lipinski definition) is 5.